The molecular formula is C9H7N3O7. The zero-order valence-electron chi connectivity index (χ0n) is 9.48. The van der Waals surface area contributed by atoms with Gasteiger partial charge in [-0.2, -0.15) is 0 Å². The molecule has 0 unspecified atom stereocenters. The van der Waals surface area contributed by atoms with Gasteiger partial charge in [0.15, 0.2) is 5.69 Å². The molecule has 0 saturated heterocycles. The Morgan fingerprint density at radius 2 is 1.74 bits per heavy atom. The second-order valence-electron chi connectivity index (χ2n) is 3.16. The van der Waals surface area contributed by atoms with Crippen LogP contribution in [0.15, 0.2) is 12.1 Å². The van der Waals surface area contributed by atoms with Crippen LogP contribution in [0.1, 0.15) is 10.4 Å². The summed E-state index contributed by atoms with van der Waals surface area (Å²) in [6.07, 6.45) is 0.0626. The van der Waals surface area contributed by atoms with Crippen molar-refractivity contribution in [3.05, 3.63) is 37.9 Å². The molecule has 19 heavy (non-hydrogen) atoms. The lowest BCUT2D eigenvalue weighted by atomic mass is 10.1. The van der Waals surface area contributed by atoms with Crippen molar-refractivity contribution in [3.8, 4) is 0 Å². The Kier molecular flexibility index (Phi) is 4.08. The first-order chi connectivity index (χ1) is 8.92. The number of nitro groups is 2. The van der Waals surface area contributed by atoms with Crippen LogP contribution in [0.4, 0.5) is 17.1 Å². The van der Waals surface area contributed by atoms with E-state index in [-0.39, 0.29) is 12.0 Å². The number of anilines is 1. The number of rotatable bonds is 5. The van der Waals surface area contributed by atoms with Crippen LogP contribution in [-0.4, -0.2) is 29.3 Å². The Morgan fingerprint density at radius 1 is 1.26 bits per heavy atom. The molecule has 1 aromatic rings. The van der Waals surface area contributed by atoms with Gasteiger partial charge in [-0.05, 0) is 0 Å². The third-order valence-electron chi connectivity index (χ3n) is 2.11. The first-order valence-electron chi connectivity index (χ1n) is 4.67. The molecule has 0 aliphatic carbocycles. The Morgan fingerprint density at radius 3 is 2.05 bits per heavy atom. The van der Waals surface area contributed by atoms with E-state index in [9.17, 15) is 29.8 Å². The van der Waals surface area contributed by atoms with Gasteiger partial charge < -0.3 is 10.1 Å². The normalized spacial score (nSPS) is 9.53. The number of ether oxygens (including phenoxy) is 1. The molecule has 100 valence electrons. The SMILES string of the molecule is COC(=O)c1cc([N+](=O)[O-])c(NC=O)c([N+](=O)[O-])c1. The van der Waals surface area contributed by atoms with Crippen LogP contribution in [-0.2, 0) is 9.53 Å². The van der Waals surface area contributed by atoms with Crippen molar-refractivity contribution in [2.45, 2.75) is 0 Å². The topological polar surface area (TPSA) is 142 Å². The van der Waals surface area contributed by atoms with Crippen molar-refractivity contribution in [1.29, 1.82) is 0 Å². The number of hydrogen-bond acceptors (Lipinski definition) is 7. The summed E-state index contributed by atoms with van der Waals surface area (Å²) >= 11 is 0. The third-order valence-corrected chi connectivity index (χ3v) is 2.11. The molecule has 0 atom stereocenters. The number of carbonyl (C=O) groups excluding carboxylic acids is 2. The van der Waals surface area contributed by atoms with Gasteiger partial charge in [0, 0.05) is 12.1 Å². The maximum atomic E-state index is 11.3. The molecule has 0 aromatic heterocycles. The zero-order valence-corrected chi connectivity index (χ0v) is 9.48. The van der Waals surface area contributed by atoms with E-state index in [0.29, 0.717) is 0 Å². The summed E-state index contributed by atoms with van der Waals surface area (Å²) in [5, 5.41) is 23.5. The Hall–Kier alpha value is -3.04. The second-order valence-corrected chi connectivity index (χ2v) is 3.16. The highest BCUT2D eigenvalue weighted by molar-refractivity contribution is 5.95. The smallest absolute Gasteiger partial charge is 0.338 e. The molecule has 10 nitrogen and oxygen atoms in total. The molecule has 1 aromatic carbocycles. The van der Waals surface area contributed by atoms with Crippen LogP contribution in [0, 0.1) is 20.2 Å². The number of esters is 1. The van der Waals surface area contributed by atoms with Crippen molar-refractivity contribution < 1.29 is 24.2 Å². The lowest BCUT2D eigenvalue weighted by molar-refractivity contribution is -0.392. The van der Waals surface area contributed by atoms with Gasteiger partial charge in [0.25, 0.3) is 0 Å². The van der Waals surface area contributed by atoms with Gasteiger partial charge in [-0.1, -0.05) is 0 Å². The minimum atomic E-state index is -0.969. The lowest BCUT2D eigenvalue weighted by Gasteiger charge is -2.05. The number of methoxy groups -OCH3 is 1. The van der Waals surface area contributed by atoms with Gasteiger partial charge in [-0.25, -0.2) is 4.79 Å². The molecule has 0 fully saturated rings. The summed E-state index contributed by atoms with van der Waals surface area (Å²) in [5.74, 6) is -0.969. The molecule has 0 saturated carbocycles. The summed E-state index contributed by atoms with van der Waals surface area (Å²) in [4.78, 5) is 41.3. The highest BCUT2D eigenvalue weighted by Crippen LogP contribution is 2.35. The van der Waals surface area contributed by atoms with Crippen molar-refractivity contribution in [2.75, 3.05) is 12.4 Å². The molecule has 0 heterocycles. The first kappa shape index (κ1) is 14.0. The van der Waals surface area contributed by atoms with Gasteiger partial charge >= 0.3 is 17.3 Å². The minimum Gasteiger partial charge on any atom is -0.465 e. The minimum absolute atomic E-state index is 0.0626. The molecule has 1 N–H and O–H groups in total. The van der Waals surface area contributed by atoms with Crippen molar-refractivity contribution in [2.24, 2.45) is 0 Å². The van der Waals surface area contributed by atoms with Gasteiger partial charge in [-0.15, -0.1) is 0 Å². The van der Waals surface area contributed by atoms with Crippen LogP contribution in [0.5, 0.6) is 0 Å². The summed E-state index contributed by atoms with van der Waals surface area (Å²) in [6, 6.07) is 1.56. The molecule has 0 aliphatic rings. The van der Waals surface area contributed by atoms with E-state index >= 15 is 0 Å². The van der Waals surface area contributed by atoms with Crippen LogP contribution in [0.25, 0.3) is 0 Å². The van der Waals surface area contributed by atoms with E-state index in [1.165, 1.54) is 0 Å². The molecule has 0 bridgehead atoms. The number of nitrogens with one attached hydrogen (secondary N) is 1. The van der Waals surface area contributed by atoms with Crippen LogP contribution in [0.2, 0.25) is 0 Å². The Labute approximate surface area is 105 Å². The van der Waals surface area contributed by atoms with Gasteiger partial charge in [0.05, 0.1) is 22.5 Å². The average molecular weight is 269 g/mol. The summed E-state index contributed by atoms with van der Waals surface area (Å²) in [7, 11) is 1.03. The summed E-state index contributed by atoms with van der Waals surface area (Å²) < 4.78 is 4.33. The standard InChI is InChI=1S/C9H7N3O7/c1-19-9(14)5-2-6(11(15)16)8(10-4-13)7(3-5)12(17)18/h2-4H,1H3,(H,10,13). The van der Waals surface area contributed by atoms with E-state index in [4.69, 9.17) is 0 Å². The number of carbonyl (C=O) groups is 2. The lowest BCUT2D eigenvalue weighted by Crippen LogP contribution is -2.08. The number of nitro benzene ring substituents is 2. The average Bonchev–Trinajstić information content (AvgIpc) is 2.37. The second kappa shape index (κ2) is 5.53. The maximum absolute atomic E-state index is 11.3. The quantitative estimate of drug-likeness (QED) is 0.361. The number of hydrogen-bond donors (Lipinski definition) is 1. The Bertz CT molecular complexity index is 534. The van der Waals surface area contributed by atoms with Gasteiger partial charge in [0.2, 0.25) is 6.41 Å². The molecule has 0 spiro atoms. The summed E-state index contributed by atoms with van der Waals surface area (Å²) in [5.41, 5.74) is -2.52. The third kappa shape index (κ3) is 2.80. The monoisotopic (exact) mass is 269 g/mol. The van der Waals surface area contributed by atoms with E-state index in [1.807, 2.05) is 5.32 Å². The fourth-order valence-electron chi connectivity index (χ4n) is 1.34. The van der Waals surface area contributed by atoms with Crippen LogP contribution >= 0.6 is 0 Å². The number of benzene rings is 1. The highest BCUT2D eigenvalue weighted by atomic mass is 16.6. The molecule has 10 heteroatoms. The predicted molar refractivity (Wildman–Crippen MR) is 60.8 cm³/mol. The van der Waals surface area contributed by atoms with Crippen molar-refractivity contribution in [1.82, 2.24) is 0 Å². The molecule has 0 radical (unpaired) electrons. The number of nitrogens with zero attached hydrogens (tertiary/aromatic N) is 2. The van der Waals surface area contributed by atoms with Crippen molar-refractivity contribution in [3.63, 3.8) is 0 Å². The molecule has 1 amide bonds. The predicted octanol–water partition coefficient (Wildman–Crippen LogP) is 0.858. The fraction of sp³-hybridized carbons (Fsp3) is 0.111. The van der Waals surface area contributed by atoms with E-state index < -0.39 is 32.9 Å². The van der Waals surface area contributed by atoms with E-state index in [1.54, 1.807) is 0 Å². The highest BCUT2D eigenvalue weighted by Gasteiger charge is 2.28. The number of amides is 1. The van der Waals surface area contributed by atoms with E-state index in [0.717, 1.165) is 19.2 Å². The van der Waals surface area contributed by atoms with Crippen LogP contribution < -0.4 is 5.32 Å². The molecule has 1 rings (SSSR count). The maximum Gasteiger partial charge on any atom is 0.338 e. The first-order valence-corrected chi connectivity index (χ1v) is 4.67. The van der Waals surface area contributed by atoms with Crippen molar-refractivity contribution >= 4 is 29.4 Å². The molecule has 0 aliphatic heterocycles. The van der Waals surface area contributed by atoms with Gasteiger partial charge in [-0.3, -0.25) is 25.0 Å². The zero-order chi connectivity index (χ0) is 14.6. The fourth-order valence-corrected chi connectivity index (χ4v) is 1.34. The van der Waals surface area contributed by atoms with Crippen LogP contribution in [0.3, 0.4) is 0 Å². The van der Waals surface area contributed by atoms with Gasteiger partial charge in [0.1, 0.15) is 0 Å². The van der Waals surface area contributed by atoms with E-state index in [2.05, 4.69) is 4.74 Å². The summed E-state index contributed by atoms with van der Waals surface area (Å²) in [6.45, 7) is 0. The Balaban J connectivity index is 3.61. The largest absolute Gasteiger partial charge is 0.465 e. The molecular weight excluding hydrogens is 262 g/mol.